The molecule has 0 aromatic heterocycles. The van der Waals surface area contributed by atoms with Crippen LogP contribution in [0.15, 0.2) is 10.5 Å². The minimum Gasteiger partial charge on any atom is -0.505 e. The zero-order valence-corrected chi connectivity index (χ0v) is 8.36. The van der Waals surface area contributed by atoms with Crippen LogP contribution in [0.2, 0.25) is 0 Å². The summed E-state index contributed by atoms with van der Waals surface area (Å²) in [7, 11) is 0. The van der Waals surface area contributed by atoms with Gasteiger partial charge in [-0.25, -0.2) is 0 Å². The SMILES string of the molecule is CCOc1c(Br)cc(O)c(F)c1F. The van der Waals surface area contributed by atoms with Gasteiger partial charge in [-0.05, 0) is 22.9 Å². The van der Waals surface area contributed by atoms with Gasteiger partial charge in [0.1, 0.15) is 0 Å². The second-order valence-corrected chi connectivity index (χ2v) is 3.12. The molecule has 72 valence electrons. The number of halogens is 3. The van der Waals surface area contributed by atoms with Gasteiger partial charge in [0.15, 0.2) is 11.5 Å². The van der Waals surface area contributed by atoms with Crippen LogP contribution in [0, 0.1) is 11.6 Å². The number of hydrogen-bond acceptors (Lipinski definition) is 2. The van der Waals surface area contributed by atoms with E-state index in [2.05, 4.69) is 15.9 Å². The van der Waals surface area contributed by atoms with E-state index in [9.17, 15) is 8.78 Å². The number of hydrogen-bond donors (Lipinski definition) is 1. The molecule has 0 fully saturated rings. The Bertz CT molecular complexity index is 328. The molecule has 0 amide bonds. The first-order valence-corrected chi connectivity index (χ1v) is 4.36. The second kappa shape index (κ2) is 3.91. The van der Waals surface area contributed by atoms with Crippen molar-refractivity contribution in [1.29, 1.82) is 0 Å². The molecule has 1 aromatic carbocycles. The van der Waals surface area contributed by atoms with Gasteiger partial charge in [-0.2, -0.15) is 8.78 Å². The highest BCUT2D eigenvalue weighted by atomic mass is 79.9. The molecule has 0 bridgehead atoms. The maximum absolute atomic E-state index is 13.0. The Hall–Kier alpha value is -0.840. The zero-order chi connectivity index (χ0) is 10.0. The Morgan fingerprint density at radius 1 is 1.46 bits per heavy atom. The Morgan fingerprint density at radius 2 is 2.08 bits per heavy atom. The Morgan fingerprint density at radius 3 is 2.62 bits per heavy atom. The van der Waals surface area contributed by atoms with E-state index in [-0.39, 0.29) is 16.8 Å². The molecule has 1 rings (SSSR count). The summed E-state index contributed by atoms with van der Waals surface area (Å²) >= 11 is 2.94. The molecule has 2 nitrogen and oxygen atoms in total. The number of benzene rings is 1. The highest BCUT2D eigenvalue weighted by molar-refractivity contribution is 9.10. The quantitative estimate of drug-likeness (QED) is 0.821. The van der Waals surface area contributed by atoms with E-state index in [0.717, 1.165) is 6.07 Å². The predicted molar refractivity (Wildman–Crippen MR) is 46.9 cm³/mol. The topological polar surface area (TPSA) is 29.5 Å². The summed E-state index contributed by atoms with van der Waals surface area (Å²) in [6.45, 7) is 1.87. The largest absolute Gasteiger partial charge is 0.505 e. The van der Waals surface area contributed by atoms with E-state index in [1.54, 1.807) is 6.92 Å². The average molecular weight is 253 g/mol. The van der Waals surface area contributed by atoms with Gasteiger partial charge in [0, 0.05) is 6.07 Å². The van der Waals surface area contributed by atoms with Gasteiger partial charge in [0.25, 0.3) is 0 Å². The van der Waals surface area contributed by atoms with Crippen LogP contribution in [0.5, 0.6) is 11.5 Å². The number of aromatic hydroxyl groups is 1. The van der Waals surface area contributed by atoms with E-state index in [4.69, 9.17) is 9.84 Å². The van der Waals surface area contributed by atoms with Crippen molar-refractivity contribution in [1.82, 2.24) is 0 Å². The predicted octanol–water partition coefficient (Wildman–Crippen LogP) is 2.83. The molecule has 1 aromatic rings. The van der Waals surface area contributed by atoms with Crippen molar-refractivity contribution in [3.05, 3.63) is 22.2 Å². The molecule has 0 heterocycles. The summed E-state index contributed by atoms with van der Waals surface area (Å²) in [5, 5.41) is 8.87. The minimum absolute atomic E-state index is 0.186. The van der Waals surface area contributed by atoms with Crippen LogP contribution in [0.3, 0.4) is 0 Å². The van der Waals surface area contributed by atoms with Crippen molar-refractivity contribution in [2.75, 3.05) is 6.61 Å². The van der Waals surface area contributed by atoms with Gasteiger partial charge in [-0.3, -0.25) is 0 Å². The number of phenolic OH excluding ortho intramolecular Hbond substituents is 1. The molecule has 0 aliphatic carbocycles. The van der Waals surface area contributed by atoms with Crippen molar-refractivity contribution >= 4 is 15.9 Å². The molecule has 0 atom stereocenters. The molecular weight excluding hydrogens is 246 g/mol. The lowest BCUT2D eigenvalue weighted by atomic mass is 10.3. The maximum Gasteiger partial charge on any atom is 0.205 e. The third-order valence-corrected chi connectivity index (χ3v) is 1.98. The van der Waals surface area contributed by atoms with Crippen LogP contribution in [0.1, 0.15) is 6.92 Å². The van der Waals surface area contributed by atoms with E-state index < -0.39 is 17.4 Å². The van der Waals surface area contributed by atoms with Gasteiger partial charge in [-0.1, -0.05) is 0 Å². The van der Waals surface area contributed by atoms with Gasteiger partial charge in [0.2, 0.25) is 11.6 Å². The maximum atomic E-state index is 13.0. The van der Waals surface area contributed by atoms with Gasteiger partial charge in [-0.15, -0.1) is 0 Å². The Balaban J connectivity index is 3.26. The molecule has 0 saturated heterocycles. The molecule has 0 unspecified atom stereocenters. The first-order valence-electron chi connectivity index (χ1n) is 3.57. The highest BCUT2D eigenvalue weighted by Gasteiger charge is 2.17. The van der Waals surface area contributed by atoms with Crippen LogP contribution in [0.4, 0.5) is 8.78 Å². The molecule has 0 spiro atoms. The van der Waals surface area contributed by atoms with E-state index >= 15 is 0 Å². The standard InChI is InChI=1S/C8H7BrF2O2/c1-2-13-8-4(9)3-5(12)6(10)7(8)11/h3,12H,2H2,1H3. The third kappa shape index (κ3) is 1.91. The number of rotatable bonds is 2. The summed E-state index contributed by atoms with van der Waals surface area (Å²) < 4.78 is 30.8. The molecule has 0 aliphatic heterocycles. The summed E-state index contributed by atoms with van der Waals surface area (Å²) in [6.07, 6.45) is 0. The molecule has 1 N–H and O–H groups in total. The van der Waals surface area contributed by atoms with Crippen LogP contribution >= 0.6 is 15.9 Å². The fourth-order valence-corrected chi connectivity index (χ4v) is 1.35. The summed E-state index contributed by atoms with van der Waals surface area (Å²) in [4.78, 5) is 0. The lowest BCUT2D eigenvalue weighted by molar-refractivity contribution is 0.306. The van der Waals surface area contributed by atoms with Gasteiger partial charge < -0.3 is 9.84 Å². The third-order valence-electron chi connectivity index (χ3n) is 1.39. The fourth-order valence-electron chi connectivity index (χ4n) is 0.843. The first-order chi connectivity index (χ1) is 6.07. The van der Waals surface area contributed by atoms with E-state index in [0.29, 0.717) is 0 Å². The monoisotopic (exact) mass is 252 g/mol. The van der Waals surface area contributed by atoms with Crippen LogP contribution in [-0.2, 0) is 0 Å². The van der Waals surface area contributed by atoms with Gasteiger partial charge in [0.05, 0.1) is 11.1 Å². The Kier molecular flexibility index (Phi) is 3.08. The first kappa shape index (κ1) is 10.2. The molecule has 0 aliphatic rings. The summed E-state index contributed by atoms with van der Waals surface area (Å²) in [5.41, 5.74) is 0. The lowest BCUT2D eigenvalue weighted by Crippen LogP contribution is -1.98. The lowest BCUT2D eigenvalue weighted by Gasteiger charge is -2.08. The number of ether oxygens (including phenoxy) is 1. The minimum atomic E-state index is -1.30. The molecule has 5 heteroatoms. The smallest absolute Gasteiger partial charge is 0.205 e. The van der Waals surface area contributed by atoms with Crippen molar-refractivity contribution in [2.45, 2.75) is 6.92 Å². The van der Waals surface area contributed by atoms with Crippen LogP contribution in [0.25, 0.3) is 0 Å². The van der Waals surface area contributed by atoms with Crippen LogP contribution < -0.4 is 4.74 Å². The van der Waals surface area contributed by atoms with Crippen molar-refractivity contribution in [3.63, 3.8) is 0 Å². The molecule has 0 saturated carbocycles. The second-order valence-electron chi connectivity index (χ2n) is 2.27. The fraction of sp³-hybridized carbons (Fsp3) is 0.250. The normalized spacial score (nSPS) is 10.2. The molecule has 0 radical (unpaired) electrons. The molecular formula is C8H7BrF2O2. The average Bonchev–Trinajstić information content (AvgIpc) is 2.09. The van der Waals surface area contributed by atoms with E-state index in [1.807, 2.05) is 0 Å². The van der Waals surface area contributed by atoms with Crippen molar-refractivity contribution in [3.8, 4) is 11.5 Å². The van der Waals surface area contributed by atoms with Crippen molar-refractivity contribution in [2.24, 2.45) is 0 Å². The van der Waals surface area contributed by atoms with Crippen molar-refractivity contribution < 1.29 is 18.6 Å². The summed E-state index contributed by atoms with van der Waals surface area (Å²) in [6, 6.07) is 1.05. The van der Waals surface area contributed by atoms with Crippen LogP contribution in [-0.4, -0.2) is 11.7 Å². The number of phenols is 1. The van der Waals surface area contributed by atoms with E-state index in [1.165, 1.54) is 0 Å². The molecule has 13 heavy (non-hydrogen) atoms. The zero-order valence-electron chi connectivity index (χ0n) is 6.77. The Labute approximate surface area is 82.3 Å². The highest BCUT2D eigenvalue weighted by Crippen LogP contribution is 2.34. The summed E-state index contributed by atoms with van der Waals surface area (Å²) in [5.74, 6) is -3.45. The van der Waals surface area contributed by atoms with Gasteiger partial charge >= 0.3 is 0 Å².